The fourth-order valence-corrected chi connectivity index (χ4v) is 4.38. The van der Waals surface area contributed by atoms with E-state index in [0.717, 1.165) is 18.0 Å². The lowest BCUT2D eigenvalue weighted by Crippen LogP contribution is -2.56. The molecular weight excluding hydrogens is 337 g/mol. The third-order valence-electron chi connectivity index (χ3n) is 5.14. The molecule has 0 unspecified atom stereocenters. The summed E-state index contributed by atoms with van der Waals surface area (Å²) in [7, 11) is 0. The lowest BCUT2D eigenvalue weighted by molar-refractivity contribution is 0.0166. The maximum atomic E-state index is 2.77. The average Bonchev–Trinajstić information content (AvgIpc) is 2.36. The zero-order chi connectivity index (χ0) is 12.5. The van der Waals surface area contributed by atoms with E-state index in [-0.39, 0.29) is 0 Å². The highest BCUT2D eigenvalue weighted by atomic mass is 127. The number of hydrogen-bond donors (Lipinski definition) is 0. The van der Waals surface area contributed by atoms with Crippen LogP contribution in [0.4, 0.5) is 0 Å². The fraction of sp³-hybridized carbons (Fsp3) is 1.00. The maximum Gasteiger partial charge on any atom is 0.0201 e. The first-order valence-corrected chi connectivity index (χ1v) is 8.57. The van der Waals surface area contributed by atoms with Gasteiger partial charge in [-0.25, -0.2) is 3.11 Å². The molecule has 3 aliphatic rings. The first-order valence-electron chi connectivity index (χ1n) is 7.61. The minimum absolute atomic E-state index is 0.874. The minimum Gasteiger partial charge on any atom is -0.298 e. The van der Waals surface area contributed by atoms with Gasteiger partial charge in [0.1, 0.15) is 0 Å². The fourth-order valence-electron chi connectivity index (χ4n) is 3.83. The standard InChI is InChI=1S/C14H26IN3/c1-12-10-14(11-12)17-8-6-16(7-9-17)13-2-4-18(15)5-3-13/h12-14H,2-11H2,1H3. The van der Waals surface area contributed by atoms with Crippen LogP contribution in [0.25, 0.3) is 0 Å². The van der Waals surface area contributed by atoms with Gasteiger partial charge in [-0.3, -0.25) is 9.80 Å². The molecule has 3 nitrogen and oxygen atoms in total. The van der Waals surface area contributed by atoms with E-state index in [9.17, 15) is 0 Å². The predicted octanol–water partition coefficient (Wildman–Crippen LogP) is 2.22. The Morgan fingerprint density at radius 3 is 1.78 bits per heavy atom. The monoisotopic (exact) mass is 363 g/mol. The summed E-state index contributed by atoms with van der Waals surface area (Å²) in [6.45, 7) is 10.2. The van der Waals surface area contributed by atoms with Gasteiger partial charge in [0.2, 0.25) is 0 Å². The largest absolute Gasteiger partial charge is 0.298 e. The van der Waals surface area contributed by atoms with Crippen LogP contribution in [0.1, 0.15) is 32.6 Å². The van der Waals surface area contributed by atoms with Crippen molar-refractivity contribution in [1.82, 2.24) is 12.9 Å². The molecule has 0 amide bonds. The molecule has 2 aliphatic heterocycles. The molecule has 2 saturated heterocycles. The first-order chi connectivity index (χ1) is 8.72. The van der Waals surface area contributed by atoms with Gasteiger partial charge in [0.05, 0.1) is 0 Å². The molecule has 0 bridgehead atoms. The van der Waals surface area contributed by atoms with Crippen molar-refractivity contribution in [2.45, 2.75) is 44.7 Å². The van der Waals surface area contributed by atoms with E-state index in [1.54, 1.807) is 0 Å². The van der Waals surface area contributed by atoms with Crippen LogP contribution in [0.3, 0.4) is 0 Å². The second-order valence-electron chi connectivity index (χ2n) is 6.44. The summed E-state index contributed by atoms with van der Waals surface area (Å²) < 4.78 is 2.44. The molecule has 3 fully saturated rings. The van der Waals surface area contributed by atoms with Gasteiger partial charge >= 0.3 is 0 Å². The Hall–Kier alpha value is 0.610. The Kier molecular flexibility index (Phi) is 4.48. The van der Waals surface area contributed by atoms with Crippen molar-refractivity contribution in [3.8, 4) is 0 Å². The van der Waals surface area contributed by atoms with E-state index in [2.05, 4.69) is 42.7 Å². The molecule has 0 radical (unpaired) electrons. The van der Waals surface area contributed by atoms with Gasteiger partial charge in [-0.2, -0.15) is 0 Å². The van der Waals surface area contributed by atoms with Crippen molar-refractivity contribution in [3.05, 3.63) is 0 Å². The van der Waals surface area contributed by atoms with Crippen LogP contribution in [0.2, 0.25) is 0 Å². The summed E-state index contributed by atoms with van der Waals surface area (Å²) >= 11 is 2.47. The zero-order valence-electron chi connectivity index (χ0n) is 11.5. The van der Waals surface area contributed by atoms with E-state index in [1.165, 1.54) is 65.0 Å². The summed E-state index contributed by atoms with van der Waals surface area (Å²) in [5.41, 5.74) is 0. The average molecular weight is 363 g/mol. The summed E-state index contributed by atoms with van der Waals surface area (Å²) in [6.07, 6.45) is 5.66. The van der Waals surface area contributed by atoms with Crippen LogP contribution >= 0.6 is 22.9 Å². The quantitative estimate of drug-likeness (QED) is 0.550. The number of rotatable bonds is 2. The molecule has 1 aliphatic carbocycles. The predicted molar refractivity (Wildman–Crippen MR) is 83.9 cm³/mol. The van der Waals surface area contributed by atoms with Gasteiger partial charge < -0.3 is 0 Å². The van der Waals surface area contributed by atoms with E-state index < -0.39 is 0 Å². The van der Waals surface area contributed by atoms with Crippen molar-refractivity contribution >= 4 is 22.9 Å². The molecule has 0 spiro atoms. The van der Waals surface area contributed by atoms with E-state index in [0.29, 0.717) is 0 Å². The molecule has 104 valence electrons. The van der Waals surface area contributed by atoms with Crippen LogP contribution in [-0.4, -0.2) is 64.3 Å². The Labute approximate surface area is 125 Å². The molecule has 0 aromatic carbocycles. The highest BCUT2D eigenvalue weighted by molar-refractivity contribution is 14.1. The van der Waals surface area contributed by atoms with Crippen LogP contribution in [0.15, 0.2) is 0 Å². The first kappa shape index (κ1) is 13.6. The molecule has 3 rings (SSSR count). The smallest absolute Gasteiger partial charge is 0.0201 e. The summed E-state index contributed by atoms with van der Waals surface area (Å²) in [5, 5.41) is 0. The third kappa shape index (κ3) is 3.02. The second kappa shape index (κ2) is 5.94. The molecule has 1 saturated carbocycles. The van der Waals surface area contributed by atoms with E-state index in [1.807, 2.05) is 0 Å². The number of piperidine rings is 1. The number of halogens is 1. The Morgan fingerprint density at radius 2 is 1.28 bits per heavy atom. The third-order valence-corrected chi connectivity index (χ3v) is 6.11. The molecule has 0 atom stereocenters. The van der Waals surface area contributed by atoms with Gasteiger partial charge in [0.15, 0.2) is 0 Å². The van der Waals surface area contributed by atoms with Crippen LogP contribution in [0.5, 0.6) is 0 Å². The van der Waals surface area contributed by atoms with Crippen LogP contribution in [0, 0.1) is 5.92 Å². The number of piperazine rings is 1. The number of hydrogen-bond acceptors (Lipinski definition) is 3. The SMILES string of the molecule is CC1CC(N2CCN(C3CCN(I)CC3)CC2)C1. The second-order valence-corrected chi connectivity index (χ2v) is 7.81. The molecule has 0 N–H and O–H groups in total. The highest BCUT2D eigenvalue weighted by Crippen LogP contribution is 2.32. The molecule has 18 heavy (non-hydrogen) atoms. The molecule has 0 aromatic heterocycles. The normalized spacial score (nSPS) is 37.7. The Balaban J connectivity index is 1.42. The van der Waals surface area contributed by atoms with Crippen molar-refractivity contribution in [3.63, 3.8) is 0 Å². The molecule has 0 aromatic rings. The van der Waals surface area contributed by atoms with Gasteiger partial charge in [0.25, 0.3) is 0 Å². The van der Waals surface area contributed by atoms with Crippen LogP contribution < -0.4 is 0 Å². The summed E-state index contributed by atoms with van der Waals surface area (Å²) in [5.74, 6) is 0.987. The minimum atomic E-state index is 0.874. The van der Waals surface area contributed by atoms with Crippen molar-refractivity contribution < 1.29 is 0 Å². The molecule has 2 heterocycles. The summed E-state index contributed by atoms with van der Waals surface area (Å²) in [4.78, 5) is 5.52. The van der Waals surface area contributed by atoms with E-state index >= 15 is 0 Å². The molecular formula is C14H26IN3. The van der Waals surface area contributed by atoms with Gasteiger partial charge in [-0.1, -0.05) is 6.92 Å². The maximum absolute atomic E-state index is 2.77. The zero-order valence-corrected chi connectivity index (χ0v) is 13.7. The number of nitrogens with zero attached hydrogens (tertiary/aromatic N) is 3. The van der Waals surface area contributed by atoms with Crippen molar-refractivity contribution in [1.29, 1.82) is 0 Å². The van der Waals surface area contributed by atoms with Crippen molar-refractivity contribution in [2.75, 3.05) is 39.3 Å². The summed E-state index contributed by atoms with van der Waals surface area (Å²) in [6, 6.07) is 1.80. The van der Waals surface area contributed by atoms with Crippen molar-refractivity contribution in [2.24, 2.45) is 5.92 Å². The highest BCUT2D eigenvalue weighted by Gasteiger charge is 2.34. The lowest BCUT2D eigenvalue weighted by Gasteiger charge is -2.47. The topological polar surface area (TPSA) is 9.72 Å². The van der Waals surface area contributed by atoms with Gasteiger partial charge in [-0.05, 0) is 31.6 Å². The lowest BCUT2D eigenvalue weighted by atomic mass is 9.80. The van der Waals surface area contributed by atoms with Gasteiger partial charge in [-0.15, -0.1) is 0 Å². The Morgan fingerprint density at radius 1 is 0.778 bits per heavy atom. The van der Waals surface area contributed by atoms with E-state index in [4.69, 9.17) is 0 Å². The Bertz CT molecular complexity index is 264. The van der Waals surface area contributed by atoms with Crippen LogP contribution in [-0.2, 0) is 0 Å². The molecule has 4 heteroatoms. The van der Waals surface area contributed by atoms with Gasteiger partial charge in [0, 0.05) is 74.2 Å².